The fourth-order valence-corrected chi connectivity index (χ4v) is 1.43. The molecule has 0 aliphatic carbocycles. The standard InChI is InChI=1S/C12H16FNO/c1-10(15)9-14(2)8-7-11-3-5-12(13)6-4-11/h3-6H,7-9H2,1-2H3. The second kappa shape index (κ2) is 5.61. The number of likely N-dealkylation sites (N-methyl/N-ethyl adjacent to an activating group) is 1. The SMILES string of the molecule is CC(=O)CN(C)CCc1ccc(F)cc1. The van der Waals surface area contributed by atoms with Crippen molar-refractivity contribution < 1.29 is 9.18 Å². The molecule has 0 aliphatic heterocycles. The van der Waals surface area contributed by atoms with E-state index in [4.69, 9.17) is 0 Å². The molecular weight excluding hydrogens is 193 g/mol. The number of hydrogen-bond acceptors (Lipinski definition) is 2. The van der Waals surface area contributed by atoms with Crippen LogP contribution in [0.3, 0.4) is 0 Å². The van der Waals surface area contributed by atoms with E-state index in [2.05, 4.69) is 0 Å². The minimum atomic E-state index is -0.212. The molecule has 0 aliphatic rings. The van der Waals surface area contributed by atoms with Gasteiger partial charge in [-0.1, -0.05) is 12.1 Å². The first-order chi connectivity index (χ1) is 7.08. The topological polar surface area (TPSA) is 20.3 Å². The zero-order valence-electron chi connectivity index (χ0n) is 9.16. The van der Waals surface area contributed by atoms with E-state index in [1.54, 1.807) is 19.1 Å². The first kappa shape index (κ1) is 11.9. The normalized spacial score (nSPS) is 10.7. The fraction of sp³-hybridized carbons (Fsp3) is 0.417. The summed E-state index contributed by atoms with van der Waals surface area (Å²) in [7, 11) is 1.91. The molecule has 1 aromatic rings. The summed E-state index contributed by atoms with van der Waals surface area (Å²) >= 11 is 0. The number of carbonyl (C=O) groups is 1. The second-order valence-corrected chi connectivity index (χ2v) is 3.82. The lowest BCUT2D eigenvalue weighted by molar-refractivity contribution is -0.117. The molecule has 0 atom stereocenters. The van der Waals surface area contributed by atoms with Gasteiger partial charge in [-0.3, -0.25) is 9.69 Å². The number of ketones is 1. The lowest BCUT2D eigenvalue weighted by Gasteiger charge is -2.14. The number of benzene rings is 1. The number of carbonyl (C=O) groups excluding carboxylic acids is 1. The zero-order valence-corrected chi connectivity index (χ0v) is 9.16. The third kappa shape index (κ3) is 4.70. The van der Waals surface area contributed by atoms with Crippen LogP contribution in [0.4, 0.5) is 4.39 Å². The lowest BCUT2D eigenvalue weighted by atomic mass is 10.1. The van der Waals surface area contributed by atoms with E-state index < -0.39 is 0 Å². The van der Waals surface area contributed by atoms with E-state index >= 15 is 0 Å². The Labute approximate surface area is 89.7 Å². The Bertz CT molecular complexity index is 321. The van der Waals surface area contributed by atoms with Gasteiger partial charge in [-0.15, -0.1) is 0 Å². The zero-order chi connectivity index (χ0) is 11.3. The second-order valence-electron chi connectivity index (χ2n) is 3.82. The molecule has 15 heavy (non-hydrogen) atoms. The third-order valence-electron chi connectivity index (χ3n) is 2.19. The van der Waals surface area contributed by atoms with Gasteiger partial charge in [0.1, 0.15) is 11.6 Å². The monoisotopic (exact) mass is 209 g/mol. The van der Waals surface area contributed by atoms with Crippen molar-refractivity contribution in [2.75, 3.05) is 20.1 Å². The highest BCUT2D eigenvalue weighted by Gasteiger charge is 2.02. The number of hydrogen-bond donors (Lipinski definition) is 0. The van der Waals surface area contributed by atoms with Crippen LogP contribution in [-0.2, 0) is 11.2 Å². The predicted molar refractivity (Wildman–Crippen MR) is 58.3 cm³/mol. The summed E-state index contributed by atoms with van der Waals surface area (Å²) < 4.78 is 12.6. The van der Waals surface area contributed by atoms with Crippen molar-refractivity contribution in [2.45, 2.75) is 13.3 Å². The molecule has 0 saturated carbocycles. The quantitative estimate of drug-likeness (QED) is 0.738. The first-order valence-corrected chi connectivity index (χ1v) is 5.00. The number of nitrogens with zero attached hydrogens (tertiary/aromatic N) is 1. The van der Waals surface area contributed by atoms with Crippen LogP contribution in [0.5, 0.6) is 0 Å². The Hall–Kier alpha value is -1.22. The molecule has 0 radical (unpaired) electrons. The van der Waals surface area contributed by atoms with Gasteiger partial charge in [0.15, 0.2) is 0 Å². The van der Waals surface area contributed by atoms with Gasteiger partial charge < -0.3 is 0 Å². The maximum Gasteiger partial charge on any atom is 0.143 e. The van der Waals surface area contributed by atoms with Crippen LogP contribution >= 0.6 is 0 Å². The summed E-state index contributed by atoms with van der Waals surface area (Å²) in [5.41, 5.74) is 1.09. The van der Waals surface area contributed by atoms with E-state index in [0.717, 1.165) is 18.5 Å². The minimum absolute atomic E-state index is 0.164. The molecule has 0 bridgehead atoms. The van der Waals surface area contributed by atoms with Gasteiger partial charge in [-0.2, -0.15) is 0 Å². The molecular formula is C12H16FNO. The third-order valence-corrected chi connectivity index (χ3v) is 2.19. The highest BCUT2D eigenvalue weighted by molar-refractivity contribution is 5.77. The summed E-state index contributed by atoms with van der Waals surface area (Å²) in [4.78, 5) is 12.8. The van der Waals surface area contributed by atoms with Crippen LogP contribution < -0.4 is 0 Å². The van der Waals surface area contributed by atoms with Crippen molar-refractivity contribution in [3.63, 3.8) is 0 Å². The molecule has 0 fully saturated rings. The summed E-state index contributed by atoms with van der Waals surface area (Å²) in [5, 5.41) is 0. The van der Waals surface area contributed by atoms with Gasteiger partial charge in [-0.25, -0.2) is 4.39 Å². The van der Waals surface area contributed by atoms with Gasteiger partial charge >= 0.3 is 0 Å². The number of halogens is 1. The maximum absolute atomic E-state index is 12.6. The van der Waals surface area contributed by atoms with Crippen molar-refractivity contribution in [3.8, 4) is 0 Å². The van der Waals surface area contributed by atoms with Crippen LogP contribution in [0.25, 0.3) is 0 Å². The predicted octanol–water partition coefficient (Wildman–Crippen LogP) is 1.89. The Morgan fingerprint density at radius 3 is 2.47 bits per heavy atom. The van der Waals surface area contributed by atoms with Crippen molar-refractivity contribution in [1.29, 1.82) is 0 Å². The molecule has 1 rings (SSSR count). The van der Waals surface area contributed by atoms with Crippen molar-refractivity contribution in [1.82, 2.24) is 4.90 Å². The van der Waals surface area contributed by atoms with Crippen molar-refractivity contribution in [2.24, 2.45) is 0 Å². The molecule has 0 unspecified atom stereocenters. The van der Waals surface area contributed by atoms with Gasteiger partial charge in [0.2, 0.25) is 0 Å². The lowest BCUT2D eigenvalue weighted by Crippen LogP contribution is -2.26. The maximum atomic E-state index is 12.6. The molecule has 2 nitrogen and oxygen atoms in total. The average molecular weight is 209 g/mol. The Morgan fingerprint density at radius 2 is 1.93 bits per heavy atom. The summed E-state index contributed by atoms with van der Waals surface area (Å²) in [6, 6.07) is 6.47. The van der Waals surface area contributed by atoms with Crippen LogP contribution in [-0.4, -0.2) is 30.8 Å². The number of rotatable bonds is 5. The van der Waals surface area contributed by atoms with Gasteiger partial charge in [-0.05, 0) is 38.1 Å². The highest BCUT2D eigenvalue weighted by Crippen LogP contribution is 2.03. The molecule has 3 heteroatoms. The first-order valence-electron chi connectivity index (χ1n) is 5.00. The largest absolute Gasteiger partial charge is 0.299 e. The summed E-state index contributed by atoms with van der Waals surface area (Å²) in [6.45, 7) is 2.86. The van der Waals surface area contributed by atoms with Crippen molar-refractivity contribution in [3.05, 3.63) is 35.6 Å². The van der Waals surface area contributed by atoms with E-state index in [0.29, 0.717) is 6.54 Å². The molecule has 0 amide bonds. The Balaban J connectivity index is 2.36. The number of Topliss-reactive ketones (excluding diaryl/α,β-unsaturated/α-hetero) is 1. The van der Waals surface area contributed by atoms with E-state index in [9.17, 15) is 9.18 Å². The molecule has 1 aromatic carbocycles. The van der Waals surface area contributed by atoms with Crippen LogP contribution in [0.15, 0.2) is 24.3 Å². The van der Waals surface area contributed by atoms with Gasteiger partial charge in [0.05, 0.1) is 6.54 Å². The van der Waals surface area contributed by atoms with E-state index in [-0.39, 0.29) is 11.6 Å². The molecule has 82 valence electrons. The van der Waals surface area contributed by atoms with Gasteiger partial charge in [0.25, 0.3) is 0 Å². The van der Waals surface area contributed by atoms with E-state index in [1.807, 2.05) is 11.9 Å². The Kier molecular flexibility index (Phi) is 4.43. The van der Waals surface area contributed by atoms with Crippen LogP contribution in [0, 0.1) is 5.82 Å². The van der Waals surface area contributed by atoms with Crippen LogP contribution in [0.1, 0.15) is 12.5 Å². The molecule has 0 heterocycles. The molecule has 0 saturated heterocycles. The summed E-state index contributed by atoms with van der Waals surface area (Å²) in [6.07, 6.45) is 0.837. The molecule has 0 spiro atoms. The minimum Gasteiger partial charge on any atom is -0.299 e. The van der Waals surface area contributed by atoms with E-state index in [1.165, 1.54) is 12.1 Å². The summed E-state index contributed by atoms with van der Waals surface area (Å²) in [5.74, 6) is -0.0487. The van der Waals surface area contributed by atoms with Gasteiger partial charge in [0, 0.05) is 6.54 Å². The van der Waals surface area contributed by atoms with Crippen molar-refractivity contribution >= 4 is 5.78 Å². The Morgan fingerprint density at radius 1 is 1.33 bits per heavy atom. The smallest absolute Gasteiger partial charge is 0.143 e. The average Bonchev–Trinajstić information content (AvgIpc) is 2.16. The van der Waals surface area contributed by atoms with Crippen LogP contribution in [0.2, 0.25) is 0 Å². The molecule has 0 N–H and O–H groups in total. The highest BCUT2D eigenvalue weighted by atomic mass is 19.1. The molecule has 0 aromatic heterocycles. The fourth-order valence-electron chi connectivity index (χ4n) is 1.43.